The lowest BCUT2D eigenvalue weighted by molar-refractivity contribution is 0.363. The van der Waals surface area contributed by atoms with Crippen molar-refractivity contribution in [2.75, 3.05) is 31.1 Å². The first kappa shape index (κ1) is 17.7. The zero-order chi connectivity index (χ0) is 15.9. The normalized spacial score (nSPS) is 11.7. The lowest BCUT2D eigenvalue weighted by Crippen LogP contribution is -2.31. The summed E-state index contributed by atoms with van der Waals surface area (Å²) in [5.41, 5.74) is 1.21. The third-order valence-electron chi connectivity index (χ3n) is 3.54. The van der Waals surface area contributed by atoms with Gasteiger partial charge in [0.25, 0.3) is 5.56 Å². The van der Waals surface area contributed by atoms with Crippen LogP contribution in [0, 0.1) is 5.41 Å². The molecule has 0 bridgehead atoms. The van der Waals surface area contributed by atoms with Crippen molar-refractivity contribution in [3.8, 4) is 0 Å². The molecule has 5 heteroatoms. The van der Waals surface area contributed by atoms with Crippen LogP contribution in [-0.4, -0.2) is 36.0 Å². The van der Waals surface area contributed by atoms with Crippen molar-refractivity contribution in [2.45, 2.75) is 47.6 Å². The minimum Gasteiger partial charge on any atom is -0.371 e. The van der Waals surface area contributed by atoms with Crippen molar-refractivity contribution in [2.24, 2.45) is 5.41 Å². The Balaban J connectivity index is 2.48. The highest BCUT2D eigenvalue weighted by atomic mass is 16.1. The maximum absolute atomic E-state index is 12.0. The predicted molar refractivity (Wildman–Crippen MR) is 89.0 cm³/mol. The van der Waals surface area contributed by atoms with E-state index in [1.807, 2.05) is 0 Å². The van der Waals surface area contributed by atoms with Crippen LogP contribution in [0.3, 0.4) is 0 Å². The zero-order valence-electron chi connectivity index (χ0n) is 14.1. The van der Waals surface area contributed by atoms with E-state index in [2.05, 4.69) is 49.9 Å². The summed E-state index contributed by atoms with van der Waals surface area (Å²) in [6, 6.07) is 1.68. The van der Waals surface area contributed by atoms with Gasteiger partial charge in [0, 0.05) is 25.7 Å². The highest BCUT2D eigenvalue weighted by Crippen LogP contribution is 2.16. The molecule has 21 heavy (non-hydrogen) atoms. The van der Waals surface area contributed by atoms with Gasteiger partial charge in [-0.15, -0.1) is 0 Å². The molecule has 0 aliphatic heterocycles. The molecule has 0 radical (unpaired) electrons. The summed E-state index contributed by atoms with van der Waals surface area (Å²) < 4.78 is 1.52. The fourth-order valence-corrected chi connectivity index (χ4v) is 2.13. The van der Waals surface area contributed by atoms with Crippen molar-refractivity contribution in [1.29, 1.82) is 0 Å². The van der Waals surface area contributed by atoms with Gasteiger partial charge in [0.1, 0.15) is 0 Å². The Morgan fingerprint density at radius 3 is 2.43 bits per heavy atom. The molecule has 5 nitrogen and oxygen atoms in total. The van der Waals surface area contributed by atoms with Gasteiger partial charge in [-0.1, -0.05) is 20.8 Å². The van der Waals surface area contributed by atoms with Gasteiger partial charge in [0.15, 0.2) is 0 Å². The molecular formula is C16H30N4O. The average molecular weight is 294 g/mol. The van der Waals surface area contributed by atoms with Gasteiger partial charge in [0.05, 0.1) is 18.4 Å². The van der Waals surface area contributed by atoms with Crippen LogP contribution in [0.5, 0.6) is 0 Å². The fourth-order valence-electron chi connectivity index (χ4n) is 2.13. The number of nitrogens with one attached hydrogen (secondary N) is 1. The third kappa shape index (κ3) is 6.29. The standard InChI is InChI=1S/C16H30N4O/c1-6-19(7-2)14-12-15(21)20(18-13-14)11-10-17-9-8-16(3,4)5/h12-13,17H,6-11H2,1-5H3. The van der Waals surface area contributed by atoms with Crippen LogP contribution >= 0.6 is 0 Å². The molecule has 0 aliphatic rings. The maximum Gasteiger partial charge on any atom is 0.268 e. The smallest absolute Gasteiger partial charge is 0.268 e. The number of rotatable bonds is 8. The van der Waals surface area contributed by atoms with E-state index < -0.39 is 0 Å². The Morgan fingerprint density at radius 1 is 1.24 bits per heavy atom. The predicted octanol–water partition coefficient (Wildman–Crippen LogP) is 2.12. The first-order valence-electron chi connectivity index (χ1n) is 7.90. The van der Waals surface area contributed by atoms with Gasteiger partial charge in [0.2, 0.25) is 0 Å². The molecule has 0 spiro atoms. The van der Waals surface area contributed by atoms with E-state index in [4.69, 9.17) is 0 Å². The van der Waals surface area contributed by atoms with Crippen molar-refractivity contribution in [3.05, 3.63) is 22.6 Å². The van der Waals surface area contributed by atoms with E-state index in [9.17, 15) is 4.79 Å². The Bertz CT molecular complexity index is 472. The average Bonchev–Trinajstić information content (AvgIpc) is 2.40. The molecule has 0 aliphatic carbocycles. The summed E-state index contributed by atoms with van der Waals surface area (Å²) in [7, 11) is 0. The fraction of sp³-hybridized carbons (Fsp3) is 0.750. The first-order valence-corrected chi connectivity index (χ1v) is 7.90. The summed E-state index contributed by atoms with van der Waals surface area (Å²) in [5, 5.41) is 7.63. The van der Waals surface area contributed by atoms with Crippen LogP contribution in [0.4, 0.5) is 5.69 Å². The van der Waals surface area contributed by atoms with Crippen molar-refractivity contribution < 1.29 is 0 Å². The minimum atomic E-state index is -0.0305. The lowest BCUT2D eigenvalue weighted by atomic mass is 9.92. The lowest BCUT2D eigenvalue weighted by Gasteiger charge is -2.20. The maximum atomic E-state index is 12.0. The van der Waals surface area contributed by atoms with Gasteiger partial charge in [-0.25, -0.2) is 4.68 Å². The molecule has 0 unspecified atom stereocenters. The molecule has 0 amide bonds. The van der Waals surface area contributed by atoms with Crippen LogP contribution < -0.4 is 15.8 Å². The van der Waals surface area contributed by atoms with Crippen molar-refractivity contribution in [3.63, 3.8) is 0 Å². The van der Waals surface area contributed by atoms with Crippen LogP contribution in [0.2, 0.25) is 0 Å². The minimum absolute atomic E-state index is 0.0305. The Labute approximate surface area is 128 Å². The largest absolute Gasteiger partial charge is 0.371 e. The number of anilines is 1. The number of aromatic nitrogens is 2. The van der Waals surface area contributed by atoms with Gasteiger partial charge >= 0.3 is 0 Å². The summed E-state index contributed by atoms with van der Waals surface area (Å²) in [5.74, 6) is 0. The number of nitrogens with zero attached hydrogens (tertiary/aromatic N) is 3. The zero-order valence-corrected chi connectivity index (χ0v) is 14.1. The molecular weight excluding hydrogens is 264 g/mol. The molecule has 0 saturated heterocycles. The second kappa shape index (κ2) is 8.17. The monoisotopic (exact) mass is 294 g/mol. The third-order valence-corrected chi connectivity index (χ3v) is 3.54. The SMILES string of the molecule is CCN(CC)c1cnn(CCNCCC(C)(C)C)c(=O)c1. The molecule has 0 atom stereocenters. The second-order valence-corrected chi connectivity index (χ2v) is 6.51. The Kier molecular flexibility index (Phi) is 6.89. The van der Waals surface area contributed by atoms with Crippen molar-refractivity contribution in [1.82, 2.24) is 15.1 Å². The van der Waals surface area contributed by atoms with Gasteiger partial charge in [-0.3, -0.25) is 4.79 Å². The Morgan fingerprint density at radius 2 is 1.90 bits per heavy atom. The highest BCUT2D eigenvalue weighted by molar-refractivity contribution is 5.42. The molecule has 1 rings (SSSR count). The highest BCUT2D eigenvalue weighted by Gasteiger charge is 2.09. The van der Waals surface area contributed by atoms with Crippen LogP contribution in [0.25, 0.3) is 0 Å². The van der Waals surface area contributed by atoms with E-state index in [0.29, 0.717) is 12.0 Å². The number of hydrogen-bond acceptors (Lipinski definition) is 4. The van der Waals surface area contributed by atoms with E-state index >= 15 is 0 Å². The van der Waals surface area contributed by atoms with E-state index in [-0.39, 0.29) is 5.56 Å². The molecule has 1 heterocycles. The molecule has 1 aromatic heterocycles. The molecule has 0 saturated carbocycles. The van der Waals surface area contributed by atoms with E-state index in [1.54, 1.807) is 12.3 Å². The van der Waals surface area contributed by atoms with Crippen LogP contribution in [-0.2, 0) is 6.54 Å². The van der Waals surface area contributed by atoms with Gasteiger partial charge < -0.3 is 10.2 Å². The number of hydrogen-bond donors (Lipinski definition) is 1. The second-order valence-electron chi connectivity index (χ2n) is 6.51. The van der Waals surface area contributed by atoms with Crippen LogP contribution in [0.1, 0.15) is 41.0 Å². The van der Waals surface area contributed by atoms with Crippen molar-refractivity contribution >= 4 is 5.69 Å². The van der Waals surface area contributed by atoms with E-state index in [0.717, 1.165) is 38.3 Å². The Hall–Kier alpha value is -1.36. The summed E-state index contributed by atoms with van der Waals surface area (Å²) in [6.45, 7) is 15.0. The molecule has 120 valence electrons. The van der Waals surface area contributed by atoms with Crippen LogP contribution in [0.15, 0.2) is 17.1 Å². The quantitative estimate of drug-likeness (QED) is 0.746. The molecule has 1 N–H and O–H groups in total. The van der Waals surface area contributed by atoms with E-state index in [1.165, 1.54) is 4.68 Å². The summed E-state index contributed by atoms with van der Waals surface area (Å²) >= 11 is 0. The summed E-state index contributed by atoms with van der Waals surface area (Å²) in [6.07, 6.45) is 2.90. The topological polar surface area (TPSA) is 50.2 Å². The summed E-state index contributed by atoms with van der Waals surface area (Å²) in [4.78, 5) is 14.2. The first-order chi connectivity index (χ1) is 9.87. The van der Waals surface area contributed by atoms with Gasteiger partial charge in [-0.2, -0.15) is 5.10 Å². The van der Waals surface area contributed by atoms with Gasteiger partial charge in [-0.05, 0) is 32.2 Å². The molecule has 0 fully saturated rings. The molecule has 0 aromatic carbocycles. The molecule has 1 aromatic rings.